The number of likely N-dealkylation sites (tertiary alicyclic amines) is 1. The molecule has 4 rings (SSSR count). The largest absolute Gasteiger partial charge is 0.480 e. The fourth-order valence-corrected chi connectivity index (χ4v) is 4.18. The van der Waals surface area contributed by atoms with E-state index in [0.29, 0.717) is 16.9 Å². The zero-order chi connectivity index (χ0) is 15.2. The molecule has 1 amide bonds. The first-order valence-electron chi connectivity index (χ1n) is 8.10. The van der Waals surface area contributed by atoms with Crippen molar-refractivity contribution in [3.63, 3.8) is 0 Å². The Morgan fingerprint density at radius 3 is 2.86 bits per heavy atom. The second kappa shape index (κ2) is 5.43. The average molecular weight is 321 g/mol. The van der Waals surface area contributed by atoms with Crippen LogP contribution in [0.4, 0.5) is 0 Å². The molecule has 1 atom stereocenters. The quantitative estimate of drug-likeness (QED) is 0.863. The highest BCUT2D eigenvalue weighted by molar-refractivity contribution is 6.30. The third kappa shape index (κ3) is 2.48. The maximum absolute atomic E-state index is 12.7. The Balaban J connectivity index is 1.39. The van der Waals surface area contributed by atoms with Crippen LogP contribution >= 0.6 is 11.6 Å². The number of nitrogens with one attached hydrogen (secondary N) is 1. The van der Waals surface area contributed by atoms with E-state index in [0.717, 1.165) is 50.3 Å². The molecule has 1 spiro atoms. The van der Waals surface area contributed by atoms with Crippen LogP contribution in [0.25, 0.3) is 0 Å². The Morgan fingerprint density at radius 2 is 2.14 bits per heavy atom. The van der Waals surface area contributed by atoms with Crippen molar-refractivity contribution in [2.45, 2.75) is 31.8 Å². The Hall–Kier alpha value is -1.26. The molecule has 0 saturated carbocycles. The lowest BCUT2D eigenvalue weighted by molar-refractivity contribution is -0.140. The van der Waals surface area contributed by atoms with Gasteiger partial charge in [0, 0.05) is 31.1 Å². The lowest BCUT2D eigenvalue weighted by Crippen LogP contribution is -2.48. The van der Waals surface area contributed by atoms with Crippen molar-refractivity contribution in [1.29, 1.82) is 0 Å². The molecule has 118 valence electrons. The zero-order valence-electron chi connectivity index (χ0n) is 12.6. The summed E-state index contributed by atoms with van der Waals surface area (Å²) >= 11 is 6.01. The monoisotopic (exact) mass is 320 g/mol. The first-order chi connectivity index (χ1) is 10.7. The predicted octanol–water partition coefficient (Wildman–Crippen LogP) is 2.25. The maximum Gasteiger partial charge on any atom is 0.263 e. The van der Waals surface area contributed by atoms with E-state index in [1.165, 1.54) is 6.42 Å². The van der Waals surface area contributed by atoms with Crippen molar-refractivity contribution < 1.29 is 9.53 Å². The molecule has 2 fully saturated rings. The van der Waals surface area contributed by atoms with E-state index in [1.54, 1.807) is 0 Å². The summed E-state index contributed by atoms with van der Waals surface area (Å²) in [4.78, 5) is 14.7. The molecule has 0 aromatic heterocycles. The van der Waals surface area contributed by atoms with E-state index in [2.05, 4.69) is 5.32 Å². The smallest absolute Gasteiger partial charge is 0.263 e. The number of hydrogen-bond donors (Lipinski definition) is 1. The molecule has 0 radical (unpaired) electrons. The highest BCUT2D eigenvalue weighted by Crippen LogP contribution is 2.38. The van der Waals surface area contributed by atoms with E-state index >= 15 is 0 Å². The molecule has 3 aliphatic heterocycles. The van der Waals surface area contributed by atoms with Crippen LogP contribution in [0.2, 0.25) is 5.02 Å². The fourth-order valence-electron chi connectivity index (χ4n) is 3.98. The van der Waals surface area contributed by atoms with Gasteiger partial charge in [-0.2, -0.15) is 0 Å². The van der Waals surface area contributed by atoms with Crippen LogP contribution in [0.3, 0.4) is 0 Å². The van der Waals surface area contributed by atoms with Crippen LogP contribution < -0.4 is 10.1 Å². The number of benzene rings is 1. The summed E-state index contributed by atoms with van der Waals surface area (Å²) in [6.07, 6.45) is 3.73. The molecule has 1 unspecified atom stereocenters. The van der Waals surface area contributed by atoms with Crippen molar-refractivity contribution in [3.05, 3.63) is 28.8 Å². The van der Waals surface area contributed by atoms with Gasteiger partial charge in [-0.05, 0) is 55.0 Å². The molecule has 1 aromatic rings. The molecule has 3 heterocycles. The lowest BCUT2D eigenvalue weighted by Gasteiger charge is -2.39. The van der Waals surface area contributed by atoms with Gasteiger partial charge in [0.2, 0.25) is 0 Å². The molecule has 0 bridgehead atoms. The number of ether oxygens (including phenoxy) is 1. The molecule has 22 heavy (non-hydrogen) atoms. The van der Waals surface area contributed by atoms with Crippen LogP contribution in [0.15, 0.2) is 18.2 Å². The van der Waals surface area contributed by atoms with Gasteiger partial charge in [0.1, 0.15) is 5.75 Å². The Labute approximate surface area is 135 Å². The summed E-state index contributed by atoms with van der Waals surface area (Å²) in [5, 5.41) is 4.16. The fraction of sp³-hybridized carbons (Fsp3) is 0.588. The van der Waals surface area contributed by atoms with Crippen molar-refractivity contribution in [2.75, 3.05) is 26.2 Å². The summed E-state index contributed by atoms with van der Waals surface area (Å²) in [5.74, 6) is 0.935. The summed E-state index contributed by atoms with van der Waals surface area (Å²) in [5.41, 5.74) is 1.48. The molecule has 5 heteroatoms. The predicted molar refractivity (Wildman–Crippen MR) is 85.3 cm³/mol. The van der Waals surface area contributed by atoms with Gasteiger partial charge in [-0.25, -0.2) is 0 Å². The van der Waals surface area contributed by atoms with Crippen molar-refractivity contribution in [3.8, 4) is 5.75 Å². The normalized spacial score (nSPS) is 26.0. The third-order valence-electron chi connectivity index (χ3n) is 5.44. The van der Waals surface area contributed by atoms with E-state index in [-0.39, 0.29) is 12.0 Å². The van der Waals surface area contributed by atoms with Crippen LogP contribution in [0.5, 0.6) is 5.75 Å². The van der Waals surface area contributed by atoms with Crippen molar-refractivity contribution >= 4 is 17.5 Å². The number of hydrogen-bond acceptors (Lipinski definition) is 3. The average Bonchev–Trinajstić information content (AvgIpc) is 3.14. The number of halogens is 1. The SMILES string of the molecule is O=C(C1Cc2cc(Cl)ccc2O1)N1CCC2(CCNC2)CC1. The minimum Gasteiger partial charge on any atom is -0.480 e. The number of fused-ring (bicyclic) bond motifs is 1. The summed E-state index contributed by atoms with van der Waals surface area (Å²) in [7, 11) is 0. The molecule has 0 aliphatic carbocycles. The molecule has 4 nitrogen and oxygen atoms in total. The lowest BCUT2D eigenvalue weighted by atomic mass is 9.78. The number of piperidine rings is 1. The minimum atomic E-state index is -0.371. The first-order valence-corrected chi connectivity index (χ1v) is 8.48. The van der Waals surface area contributed by atoms with Gasteiger partial charge in [-0.3, -0.25) is 4.79 Å². The van der Waals surface area contributed by atoms with Gasteiger partial charge in [0.15, 0.2) is 6.10 Å². The molecule has 3 aliphatic rings. The molecular formula is C17H21ClN2O2. The van der Waals surface area contributed by atoms with E-state index in [1.807, 2.05) is 23.1 Å². The highest BCUT2D eigenvalue weighted by Gasteiger charge is 2.40. The highest BCUT2D eigenvalue weighted by atomic mass is 35.5. The van der Waals surface area contributed by atoms with Gasteiger partial charge < -0.3 is 15.0 Å². The van der Waals surface area contributed by atoms with Gasteiger partial charge in [-0.1, -0.05) is 11.6 Å². The second-order valence-electron chi connectivity index (χ2n) is 6.81. The van der Waals surface area contributed by atoms with Gasteiger partial charge in [-0.15, -0.1) is 0 Å². The van der Waals surface area contributed by atoms with Crippen LogP contribution in [0.1, 0.15) is 24.8 Å². The number of amides is 1. The third-order valence-corrected chi connectivity index (χ3v) is 5.68. The molecule has 2 saturated heterocycles. The van der Waals surface area contributed by atoms with Gasteiger partial charge in [0.05, 0.1) is 0 Å². The maximum atomic E-state index is 12.7. The van der Waals surface area contributed by atoms with Gasteiger partial charge >= 0.3 is 0 Å². The standard InChI is InChI=1S/C17H21ClN2O2/c18-13-1-2-14-12(9-13)10-15(22-14)16(21)20-7-4-17(5-8-20)3-6-19-11-17/h1-2,9,15,19H,3-8,10-11H2. The van der Waals surface area contributed by atoms with Crippen molar-refractivity contribution in [2.24, 2.45) is 5.41 Å². The molecule has 1 N–H and O–H groups in total. The topological polar surface area (TPSA) is 41.6 Å². The van der Waals surface area contributed by atoms with Crippen LogP contribution in [-0.4, -0.2) is 43.1 Å². The number of carbonyl (C=O) groups is 1. The molecule has 1 aromatic carbocycles. The first kappa shape index (κ1) is 14.3. The number of rotatable bonds is 1. The van der Waals surface area contributed by atoms with E-state index < -0.39 is 0 Å². The zero-order valence-corrected chi connectivity index (χ0v) is 13.4. The number of carbonyl (C=O) groups excluding carboxylic acids is 1. The number of nitrogens with zero attached hydrogens (tertiary/aromatic N) is 1. The van der Waals surface area contributed by atoms with Crippen LogP contribution in [0, 0.1) is 5.41 Å². The summed E-state index contributed by atoms with van der Waals surface area (Å²) < 4.78 is 5.83. The minimum absolute atomic E-state index is 0.133. The van der Waals surface area contributed by atoms with Crippen molar-refractivity contribution in [1.82, 2.24) is 10.2 Å². The summed E-state index contributed by atoms with van der Waals surface area (Å²) in [6.45, 7) is 3.95. The van der Waals surface area contributed by atoms with Gasteiger partial charge in [0.25, 0.3) is 5.91 Å². The summed E-state index contributed by atoms with van der Waals surface area (Å²) in [6, 6.07) is 5.57. The van der Waals surface area contributed by atoms with E-state index in [9.17, 15) is 4.79 Å². The molecular weight excluding hydrogens is 300 g/mol. The Kier molecular flexibility index (Phi) is 3.54. The Morgan fingerprint density at radius 1 is 1.32 bits per heavy atom. The Bertz CT molecular complexity index is 588. The van der Waals surface area contributed by atoms with E-state index in [4.69, 9.17) is 16.3 Å². The van der Waals surface area contributed by atoms with Crippen LogP contribution in [-0.2, 0) is 11.2 Å². The second-order valence-corrected chi connectivity index (χ2v) is 7.25.